The summed E-state index contributed by atoms with van der Waals surface area (Å²) < 4.78 is 0. The Morgan fingerprint density at radius 1 is 0.900 bits per heavy atom. The summed E-state index contributed by atoms with van der Waals surface area (Å²) in [4.78, 5) is 11.9. The van der Waals surface area contributed by atoms with Gasteiger partial charge in [0.2, 0.25) is 0 Å². The number of aromatic nitrogens is 4. The molecule has 5 heteroatoms. The van der Waals surface area contributed by atoms with Crippen LogP contribution >= 0.6 is 11.3 Å². The Morgan fingerprint density at radius 2 is 1.70 bits per heavy atom. The molecule has 0 aromatic carbocycles. The number of hydrogen-bond donors (Lipinski definition) is 1. The van der Waals surface area contributed by atoms with Crippen molar-refractivity contribution in [1.82, 2.24) is 20.2 Å². The molecule has 160 valence electrons. The molecule has 0 aliphatic carbocycles. The van der Waals surface area contributed by atoms with Gasteiger partial charge in [0, 0.05) is 22.4 Å². The lowest BCUT2D eigenvalue weighted by Gasteiger charge is -1.98. The van der Waals surface area contributed by atoms with E-state index in [1.165, 1.54) is 61.1 Å². The summed E-state index contributed by atoms with van der Waals surface area (Å²) in [7, 11) is 0. The SMILES string of the molecule is CCCCCCc1nc(-c2cc(/C=C/c3ccc(CCCCCC)s3)ccn2)n[nH]1. The topological polar surface area (TPSA) is 54.5 Å². The van der Waals surface area contributed by atoms with Gasteiger partial charge in [-0.15, -0.1) is 11.3 Å². The zero-order valence-corrected chi connectivity index (χ0v) is 19.2. The first kappa shape index (κ1) is 22.4. The van der Waals surface area contributed by atoms with Gasteiger partial charge in [0.1, 0.15) is 11.5 Å². The van der Waals surface area contributed by atoms with Crippen molar-refractivity contribution in [2.75, 3.05) is 0 Å². The van der Waals surface area contributed by atoms with Gasteiger partial charge in [-0.2, -0.15) is 5.10 Å². The first-order chi connectivity index (χ1) is 14.8. The third-order valence-electron chi connectivity index (χ3n) is 5.21. The summed E-state index contributed by atoms with van der Waals surface area (Å²) in [6, 6.07) is 8.57. The van der Waals surface area contributed by atoms with E-state index in [1.54, 1.807) is 0 Å². The Labute approximate surface area is 184 Å². The number of rotatable bonds is 13. The minimum atomic E-state index is 0.682. The molecule has 0 bridgehead atoms. The fourth-order valence-corrected chi connectivity index (χ4v) is 4.39. The maximum absolute atomic E-state index is 4.63. The molecule has 0 atom stereocenters. The summed E-state index contributed by atoms with van der Waals surface area (Å²) in [5.41, 5.74) is 1.93. The molecule has 0 aliphatic heterocycles. The molecule has 0 spiro atoms. The van der Waals surface area contributed by atoms with Gasteiger partial charge < -0.3 is 0 Å². The normalized spacial score (nSPS) is 11.5. The molecule has 3 aromatic rings. The summed E-state index contributed by atoms with van der Waals surface area (Å²) in [6.07, 6.45) is 18.5. The van der Waals surface area contributed by atoms with Gasteiger partial charge in [-0.3, -0.25) is 10.1 Å². The zero-order valence-electron chi connectivity index (χ0n) is 18.4. The van der Waals surface area contributed by atoms with E-state index in [0.717, 1.165) is 29.9 Å². The van der Waals surface area contributed by atoms with Crippen molar-refractivity contribution in [1.29, 1.82) is 0 Å². The summed E-state index contributed by atoms with van der Waals surface area (Å²) in [5.74, 6) is 1.63. The van der Waals surface area contributed by atoms with E-state index < -0.39 is 0 Å². The number of nitrogens with zero attached hydrogens (tertiary/aromatic N) is 3. The minimum Gasteiger partial charge on any atom is -0.263 e. The first-order valence-electron chi connectivity index (χ1n) is 11.4. The molecule has 3 rings (SSSR count). The smallest absolute Gasteiger partial charge is 0.199 e. The lowest BCUT2D eigenvalue weighted by molar-refractivity contribution is 0.653. The second kappa shape index (κ2) is 12.4. The number of hydrogen-bond acceptors (Lipinski definition) is 4. The standard InChI is InChI=1S/C25H34N4S/c1-3-5-7-9-11-21-15-16-22(30-21)14-13-20-17-18-26-23(19-20)25-27-24(28-29-25)12-10-8-6-4-2/h13-19H,3-12H2,1-2H3,(H,27,28,29)/b14-13+. The van der Waals surface area contributed by atoms with Crippen molar-refractivity contribution in [3.8, 4) is 11.5 Å². The molecule has 0 saturated carbocycles. The summed E-state index contributed by atoms with van der Waals surface area (Å²) in [5, 5.41) is 7.44. The van der Waals surface area contributed by atoms with E-state index >= 15 is 0 Å². The van der Waals surface area contributed by atoms with Gasteiger partial charge in [0.25, 0.3) is 0 Å². The molecular formula is C25H34N4S. The van der Waals surface area contributed by atoms with Crippen molar-refractivity contribution < 1.29 is 0 Å². The molecule has 1 N–H and O–H groups in total. The van der Waals surface area contributed by atoms with Crippen molar-refractivity contribution in [3.05, 3.63) is 51.6 Å². The van der Waals surface area contributed by atoms with E-state index in [9.17, 15) is 0 Å². The second-order valence-electron chi connectivity index (χ2n) is 7.84. The van der Waals surface area contributed by atoms with Crippen LogP contribution in [0.3, 0.4) is 0 Å². The van der Waals surface area contributed by atoms with Crippen LogP contribution in [-0.2, 0) is 12.8 Å². The van der Waals surface area contributed by atoms with E-state index in [2.05, 4.69) is 64.4 Å². The van der Waals surface area contributed by atoms with Crippen LogP contribution in [0, 0.1) is 0 Å². The number of aromatic amines is 1. The Balaban J connectivity index is 1.57. The molecule has 3 heterocycles. The molecular weight excluding hydrogens is 388 g/mol. The molecule has 0 radical (unpaired) electrons. The van der Waals surface area contributed by atoms with Crippen LogP contribution in [0.2, 0.25) is 0 Å². The van der Waals surface area contributed by atoms with Crippen molar-refractivity contribution in [3.63, 3.8) is 0 Å². The molecule has 0 unspecified atom stereocenters. The largest absolute Gasteiger partial charge is 0.263 e. The maximum atomic E-state index is 4.63. The van der Waals surface area contributed by atoms with Crippen LogP contribution in [-0.4, -0.2) is 20.2 Å². The zero-order chi connectivity index (χ0) is 21.0. The Morgan fingerprint density at radius 3 is 2.50 bits per heavy atom. The molecule has 30 heavy (non-hydrogen) atoms. The number of nitrogens with one attached hydrogen (secondary N) is 1. The average Bonchev–Trinajstić information content (AvgIpc) is 3.43. The summed E-state index contributed by atoms with van der Waals surface area (Å²) >= 11 is 1.89. The van der Waals surface area contributed by atoms with Gasteiger partial charge in [0.15, 0.2) is 5.82 Å². The Hall–Kier alpha value is -2.27. The van der Waals surface area contributed by atoms with Crippen molar-refractivity contribution in [2.24, 2.45) is 0 Å². The van der Waals surface area contributed by atoms with Crippen LogP contribution in [0.15, 0.2) is 30.5 Å². The highest BCUT2D eigenvalue weighted by molar-refractivity contribution is 7.12. The first-order valence-corrected chi connectivity index (χ1v) is 12.2. The van der Waals surface area contributed by atoms with Gasteiger partial charge >= 0.3 is 0 Å². The molecule has 0 aliphatic rings. The fourth-order valence-electron chi connectivity index (χ4n) is 3.44. The lowest BCUT2D eigenvalue weighted by atomic mass is 10.1. The molecule has 0 saturated heterocycles. The van der Waals surface area contributed by atoms with E-state index in [0.29, 0.717) is 5.82 Å². The molecule has 3 aromatic heterocycles. The highest BCUT2D eigenvalue weighted by Gasteiger charge is 2.07. The second-order valence-corrected chi connectivity index (χ2v) is 9.04. The van der Waals surface area contributed by atoms with Gasteiger partial charge in [0.05, 0.1) is 0 Å². The predicted molar refractivity (Wildman–Crippen MR) is 129 cm³/mol. The average molecular weight is 423 g/mol. The van der Waals surface area contributed by atoms with Gasteiger partial charge in [-0.1, -0.05) is 58.4 Å². The predicted octanol–water partition coefficient (Wildman–Crippen LogP) is 7.34. The highest BCUT2D eigenvalue weighted by Crippen LogP contribution is 2.22. The van der Waals surface area contributed by atoms with Crippen LogP contribution < -0.4 is 0 Å². The molecule has 4 nitrogen and oxygen atoms in total. The maximum Gasteiger partial charge on any atom is 0.199 e. The molecule has 0 fully saturated rings. The third-order valence-corrected chi connectivity index (χ3v) is 6.32. The van der Waals surface area contributed by atoms with Crippen molar-refractivity contribution in [2.45, 2.75) is 78.1 Å². The number of unbranched alkanes of at least 4 members (excludes halogenated alkanes) is 6. The van der Waals surface area contributed by atoms with Crippen LogP contribution in [0.4, 0.5) is 0 Å². The molecule has 0 amide bonds. The number of pyridine rings is 1. The van der Waals surface area contributed by atoms with E-state index in [4.69, 9.17) is 0 Å². The van der Waals surface area contributed by atoms with Gasteiger partial charge in [-0.05, 0) is 55.2 Å². The summed E-state index contributed by atoms with van der Waals surface area (Å²) in [6.45, 7) is 4.49. The lowest BCUT2D eigenvalue weighted by Crippen LogP contribution is -1.89. The van der Waals surface area contributed by atoms with Crippen LogP contribution in [0.25, 0.3) is 23.7 Å². The van der Waals surface area contributed by atoms with Crippen LogP contribution in [0.1, 0.15) is 86.4 Å². The third kappa shape index (κ3) is 7.21. The van der Waals surface area contributed by atoms with E-state index in [1.807, 2.05) is 23.6 Å². The monoisotopic (exact) mass is 422 g/mol. The highest BCUT2D eigenvalue weighted by atomic mass is 32.1. The number of thiophene rings is 1. The van der Waals surface area contributed by atoms with Gasteiger partial charge in [-0.25, -0.2) is 4.98 Å². The Bertz CT molecular complexity index is 909. The Kier molecular flexibility index (Phi) is 9.29. The van der Waals surface area contributed by atoms with Crippen LogP contribution in [0.5, 0.6) is 0 Å². The van der Waals surface area contributed by atoms with E-state index in [-0.39, 0.29) is 0 Å². The fraction of sp³-hybridized carbons (Fsp3) is 0.480. The number of aryl methyl sites for hydroxylation is 2. The minimum absolute atomic E-state index is 0.682. The van der Waals surface area contributed by atoms with Crippen molar-refractivity contribution >= 4 is 23.5 Å². The quantitative estimate of drug-likeness (QED) is 0.293. The number of H-pyrrole nitrogens is 1.